The van der Waals surface area contributed by atoms with Crippen molar-refractivity contribution < 1.29 is 9.90 Å². The van der Waals surface area contributed by atoms with Gasteiger partial charge >= 0.3 is 0 Å². The van der Waals surface area contributed by atoms with Gasteiger partial charge in [-0.25, -0.2) is 0 Å². The van der Waals surface area contributed by atoms with Crippen LogP contribution in [0.1, 0.15) is 19.8 Å². The molecule has 1 saturated heterocycles. The number of carbonyl (C=O) groups is 1. The normalized spacial score (nSPS) is 24.3. The maximum atomic E-state index is 12.0. The molecule has 1 aliphatic heterocycles. The minimum absolute atomic E-state index is 0.0252. The molecule has 1 aliphatic rings. The Bertz CT molecular complexity index is 406. The zero-order valence-corrected chi connectivity index (χ0v) is 9.94. The monoisotopic (exact) mass is 234 g/mol. The highest BCUT2D eigenvalue weighted by atomic mass is 16.3. The predicted molar refractivity (Wildman–Crippen MR) is 66.9 cm³/mol. The van der Waals surface area contributed by atoms with Gasteiger partial charge in [0.2, 0.25) is 5.91 Å². The molecule has 0 aromatic heterocycles. The molecule has 1 amide bonds. The van der Waals surface area contributed by atoms with Crippen LogP contribution < -0.4 is 10.6 Å². The third-order valence-electron chi connectivity index (χ3n) is 3.17. The SMILES string of the molecule is CC1CCCNC1C(=O)Nc1cccc(O)c1. The van der Waals surface area contributed by atoms with E-state index in [0.717, 1.165) is 19.4 Å². The summed E-state index contributed by atoms with van der Waals surface area (Å²) in [6, 6.07) is 6.47. The number of nitrogens with one attached hydrogen (secondary N) is 2. The largest absolute Gasteiger partial charge is 0.508 e. The average Bonchev–Trinajstić information content (AvgIpc) is 2.29. The van der Waals surface area contributed by atoms with E-state index in [1.807, 2.05) is 0 Å². The molecule has 0 bridgehead atoms. The smallest absolute Gasteiger partial charge is 0.241 e. The predicted octanol–water partition coefficient (Wildman–Crippen LogP) is 1.72. The van der Waals surface area contributed by atoms with Crippen LogP contribution in [0.2, 0.25) is 0 Å². The van der Waals surface area contributed by atoms with Crippen molar-refractivity contribution in [2.45, 2.75) is 25.8 Å². The lowest BCUT2D eigenvalue weighted by Gasteiger charge is -2.28. The van der Waals surface area contributed by atoms with Gasteiger partial charge in [-0.15, -0.1) is 0 Å². The molecular weight excluding hydrogens is 216 g/mol. The average molecular weight is 234 g/mol. The van der Waals surface area contributed by atoms with E-state index in [9.17, 15) is 9.90 Å². The molecule has 2 rings (SSSR count). The number of anilines is 1. The van der Waals surface area contributed by atoms with Crippen LogP contribution in [0.15, 0.2) is 24.3 Å². The first-order valence-electron chi connectivity index (χ1n) is 6.00. The fourth-order valence-corrected chi connectivity index (χ4v) is 2.20. The molecule has 17 heavy (non-hydrogen) atoms. The van der Waals surface area contributed by atoms with Gasteiger partial charge in [0, 0.05) is 11.8 Å². The summed E-state index contributed by atoms with van der Waals surface area (Å²) in [5.41, 5.74) is 0.634. The number of piperidine rings is 1. The zero-order chi connectivity index (χ0) is 12.3. The second kappa shape index (κ2) is 5.19. The maximum Gasteiger partial charge on any atom is 0.241 e. The van der Waals surface area contributed by atoms with Crippen molar-refractivity contribution in [3.05, 3.63) is 24.3 Å². The number of phenols is 1. The highest BCUT2D eigenvalue weighted by Gasteiger charge is 2.27. The molecule has 1 heterocycles. The Morgan fingerprint density at radius 1 is 1.53 bits per heavy atom. The summed E-state index contributed by atoms with van der Waals surface area (Å²) in [6.07, 6.45) is 2.20. The Labute approximate surface area is 101 Å². The van der Waals surface area contributed by atoms with E-state index in [2.05, 4.69) is 17.6 Å². The quantitative estimate of drug-likeness (QED) is 0.730. The van der Waals surface area contributed by atoms with Crippen LogP contribution in [0.25, 0.3) is 0 Å². The van der Waals surface area contributed by atoms with Gasteiger partial charge in [-0.1, -0.05) is 13.0 Å². The lowest BCUT2D eigenvalue weighted by Crippen LogP contribution is -2.48. The van der Waals surface area contributed by atoms with E-state index in [0.29, 0.717) is 11.6 Å². The topological polar surface area (TPSA) is 61.4 Å². The number of carbonyl (C=O) groups excluding carboxylic acids is 1. The number of benzene rings is 1. The number of rotatable bonds is 2. The number of phenolic OH excluding ortho intramolecular Hbond substituents is 1. The second-order valence-corrected chi connectivity index (χ2v) is 4.59. The first-order chi connectivity index (χ1) is 8.16. The summed E-state index contributed by atoms with van der Waals surface area (Å²) in [5, 5.41) is 15.4. The summed E-state index contributed by atoms with van der Waals surface area (Å²) in [7, 11) is 0. The number of aromatic hydroxyl groups is 1. The van der Waals surface area contributed by atoms with Crippen LogP contribution in [-0.4, -0.2) is 23.6 Å². The molecule has 1 aromatic carbocycles. The van der Waals surface area contributed by atoms with Crippen molar-refractivity contribution in [1.29, 1.82) is 0 Å². The van der Waals surface area contributed by atoms with Gasteiger partial charge in [0.15, 0.2) is 0 Å². The molecule has 92 valence electrons. The minimum atomic E-state index is -0.133. The van der Waals surface area contributed by atoms with Crippen molar-refractivity contribution in [3.8, 4) is 5.75 Å². The van der Waals surface area contributed by atoms with Crippen LogP contribution in [0.4, 0.5) is 5.69 Å². The summed E-state index contributed by atoms with van der Waals surface area (Å²) in [4.78, 5) is 12.0. The molecule has 0 aliphatic carbocycles. The van der Waals surface area contributed by atoms with Crippen molar-refractivity contribution in [2.24, 2.45) is 5.92 Å². The molecule has 0 saturated carbocycles. The van der Waals surface area contributed by atoms with E-state index < -0.39 is 0 Å². The van der Waals surface area contributed by atoms with Crippen molar-refractivity contribution in [1.82, 2.24) is 5.32 Å². The van der Waals surface area contributed by atoms with Crippen LogP contribution >= 0.6 is 0 Å². The summed E-state index contributed by atoms with van der Waals surface area (Å²) >= 11 is 0. The molecule has 3 N–H and O–H groups in total. The summed E-state index contributed by atoms with van der Waals surface area (Å²) in [6.45, 7) is 2.97. The van der Waals surface area contributed by atoms with Gasteiger partial charge in [0.25, 0.3) is 0 Å². The lowest BCUT2D eigenvalue weighted by atomic mass is 9.92. The standard InChI is InChI=1S/C13H18N2O2/c1-9-4-3-7-14-12(9)13(17)15-10-5-2-6-11(16)8-10/h2,5-6,8-9,12,14,16H,3-4,7H2,1H3,(H,15,17). The number of amides is 1. The Balaban J connectivity index is 2.01. The molecule has 4 heteroatoms. The minimum Gasteiger partial charge on any atom is -0.508 e. The molecule has 0 radical (unpaired) electrons. The van der Waals surface area contributed by atoms with E-state index >= 15 is 0 Å². The van der Waals surface area contributed by atoms with Crippen molar-refractivity contribution >= 4 is 11.6 Å². The van der Waals surface area contributed by atoms with Gasteiger partial charge in [-0.3, -0.25) is 4.79 Å². The highest BCUT2D eigenvalue weighted by Crippen LogP contribution is 2.19. The zero-order valence-electron chi connectivity index (χ0n) is 9.94. The molecule has 2 unspecified atom stereocenters. The molecule has 0 spiro atoms. The van der Waals surface area contributed by atoms with Gasteiger partial charge in [-0.2, -0.15) is 0 Å². The maximum absolute atomic E-state index is 12.0. The Kier molecular flexibility index (Phi) is 3.64. The highest BCUT2D eigenvalue weighted by molar-refractivity contribution is 5.95. The van der Waals surface area contributed by atoms with E-state index in [-0.39, 0.29) is 17.7 Å². The van der Waals surface area contributed by atoms with Crippen molar-refractivity contribution in [3.63, 3.8) is 0 Å². The van der Waals surface area contributed by atoms with Gasteiger partial charge in [0.05, 0.1) is 6.04 Å². The fourth-order valence-electron chi connectivity index (χ4n) is 2.20. The number of hydrogen-bond acceptors (Lipinski definition) is 3. The fraction of sp³-hybridized carbons (Fsp3) is 0.462. The van der Waals surface area contributed by atoms with Crippen molar-refractivity contribution in [2.75, 3.05) is 11.9 Å². The van der Waals surface area contributed by atoms with Gasteiger partial charge in [0.1, 0.15) is 5.75 Å². The Morgan fingerprint density at radius 3 is 3.06 bits per heavy atom. The van der Waals surface area contributed by atoms with Gasteiger partial charge < -0.3 is 15.7 Å². The van der Waals surface area contributed by atoms with Crippen LogP contribution in [0.3, 0.4) is 0 Å². The molecule has 2 atom stereocenters. The van der Waals surface area contributed by atoms with Crippen LogP contribution in [0.5, 0.6) is 5.75 Å². The first kappa shape index (κ1) is 11.9. The first-order valence-corrected chi connectivity index (χ1v) is 6.00. The molecule has 1 aromatic rings. The molecular formula is C13H18N2O2. The number of hydrogen-bond donors (Lipinski definition) is 3. The van der Waals surface area contributed by atoms with E-state index in [1.54, 1.807) is 24.3 Å². The van der Waals surface area contributed by atoms with E-state index in [4.69, 9.17) is 0 Å². The Morgan fingerprint density at radius 2 is 2.35 bits per heavy atom. The van der Waals surface area contributed by atoms with Crippen LogP contribution in [0, 0.1) is 5.92 Å². The third-order valence-corrected chi connectivity index (χ3v) is 3.17. The van der Waals surface area contributed by atoms with Gasteiger partial charge in [-0.05, 0) is 37.4 Å². The summed E-state index contributed by atoms with van der Waals surface area (Å²) < 4.78 is 0. The summed E-state index contributed by atoms with van der Waals surface area (Å²) in [5.74, 6) is 0.483. The second-order valence-electron chi connectivity index (χ2n) is 4.59. The third kappa shape index (κ3) is 2.97. The van der Waals surface area contributed by atoms with E-state index in [1.165, 1.54) is 0 Å². The Hall–Kier alpha value is -1.55. The molecule has 1 fully saturated rings. The lowest BCUT2D eigenvalue weighted by molar-refractivity contribution is -0.119. The molecule has 4 nitrogen and oxygen atoms in total. The van der Waals surface area contributed by atoms with Crippen LogP contribution in [-0.2, 0) is 4.79 Å².